The predicted molar refractivity (Wildman–Crippen MR) is 70.6 cm³/mol. The number of halogens is 1. The second kappa shape index (κ2) is 5.46. The minimum atomic E-state index is -0.246. The quantitative estimate of drug-likeness (QED) is 0.641. The van der Waals surface area contributed by atoms with Crippen molar-refractivity contribution >= 4 is 11.5 Å². The van der Waals surface area contributed by atoms with Crippen LogP contribution in [0.25, 0.3) is 0 Å². The molecule has 0 radical (unpaired) electrons. The molecular formula is C13H15FN4. The number of nitrogens with one attached hydrogen (secondary N) is 1. The lowest BCUT2D eigenvalue weighted by molar-refractivity contribution is 0.627. The summed E-state index contributed by atoms with van der Waals surface area (Å²) in [5.41, 5.74) is 4.17. The van der Waals surface area contributed by atoms with E-state index in [2.05, 4.69) is 10.4 Å². The Bertz CT molecular complexity index is 530. The Balaban J connectivity index is 2.13. The van der Waals surface area contributed by atoms with Gasteiger partial charge in [0.1, 0.15) is 11.6 Å². The van der Waals surface area contributed by atoms with Gasteiger partial charge in [-0.25, -0.2) is 15.2 Å². The molecular weight excluding hydrogens is 231 g/mol. The fourth-order valence-electron chi connectivity index (χ4n) is 1.70. The Morgan fingerprint density at radius 1 is 1.28 bits per heavy atom. The molecule has 5 heteroatoms. The molecule has 0 amide bonds. The number of anilines is 2. The van der Waals surface area contributed by atoms with Crippen LogP contribution in [0, 0.1) is 5.82 Å². The monoisotopic (exact) mass is 246 g/mol. The molecule has 0 spiro atoms. The van der Waals surface area contributed by atoms with Gasteiger partial charge in [-0.3, -0.25) is 0 Å². The summed E-state index contributed by atoms with van der Waals surface area (Å²) in [6, 6.07) is 12.0. The third kappa shape index (κ3) is 2.95. The summed E-state index contributed by atoms with van der Waals surface area (Å²) < 4.78 is 13.1. The molecule has 0 fully saturated rings. The molecule has 18 heavy (non-hydrogen) atoms. The summed E-state index contributed by atoms with van der Waals surface area (Å²) in [7, 11) is 1.89. The van der Waals surface area contributed by atoms with Crippen molar-refractivity contribution < 1.29 is 4.39 Å². The first-order chi connectivity index (χ1) is 8.69. The van der Waals surface area contributed by atoms with Gasteiger partial charge in [0.25, 0.3) is 0 Å². The van der Waals surface area contributed by atoms with Crippen molar-refractivity contribution in [2.45, 2.75) is 6.54 Å². The molecule has 1 aromatic heterocycles. The zero-order chi connectivity index (χ0) is 13.0. The third-order valence-corrected chi connectivity index (χ3v) is 2.60. The average Bonchev–Trinajstić information content (AvgIpc) is 2.39. The summed E-state index contributed by atoms with van der Waals surface area (Å²) in [6.07, 6.45) is 0. The number of pyridine rings is 1. The number of hydrogen-bond donors (Lipinski definition) is 2. The standard InChI is InChI=1S/C13H15FN4/c1-18(12-6-2-4-10(14)8-12)9-11-5-3-7-13(16-11)17-15/h2-8H,9,15H2,1H3,(H,16,17). The molecule has 4 nitrogen and oxygen atoms in total. The first-order valence-corrected chi connectivity index (χ1v) is 5.58. The van der Waals surface area contributed by atoms with Gasteiger partial charge in [0, 0.05) is 12.7 Å². The SMILES string of the molecule is CN(Cc1cccc(NN)n1)c1cccc(F)c1. The van der Waals surface area contributed by atoms with Crippen LogP contribution in [0.3, 0.4) is 0 Å². The average molecular weight is 246 g/mol. The number of hydrogen-bond acceptors (Lipinski definition) is 4. The Kier molecular flexibility index (Phi) is 3.74. The predicted octanol–water partition coefficient (Wildman–Crippen LogP) is 2.14. The zero-order valence-corrected chi connectivity index (χ0v) is 10.1. The van der Waals surface area contributed by atoms with Crippen molar-refractivity contribution in [3.05, 3.63) is 54.0 Å². The molecule has 0 aliphatic rings. The van der Waals surface area contributed by atoms with Gasteiger partial charge in [-0.15, -0.1) is 0 Å². The maximum atomic E-state index is 13.1. The van der Waals surface area contributed by atoms with Crippen LogP contribution in [0.15, 0.2) is 42.5 Å². The molecule has 94 valence electrons. The number of benzene rings is 1. The van der Waals surface area contributed by atoms with E-state index in [1.807, 2.05) is 30.1 Å². The third-order valence-electron chi connectivity index (χ3n) is 2.60. The van der Waals surface area contributed by atoms with Crippen molar-refractivity contribution in [3.63, 3.8) is 0 Å². The zero-order valence-electron chi connectivity index (χ0n) is 10.1. The molecule has 0 aliphatic heterocycles. The highest BCUT2D eigenvalue weighted by Gasteiger charge is 2.04. The normalized spacial score (nSPS) is 10.2. The lowest BCUT2D eigenvalue weighted by Crippen LogP contribution is -2.18. The maximum Gasteiger partial charge on any atom is 0.140 e. The molecule has 0 atom stereocenters. The van der Waals surface area contributed by atoms with Crippen LogP contribution in [0.4, 0.5) is 15.9 Å². The number of nitrogens with zero attached hydrogens (tertiary/aromatic N) is 2. The molecule has 1 heterocycles. The van der Waals surface area contributed by atoms with E-state index in [0.29, 0.717) is 12.4 Å². The minimum Gasteiger partial charge on any atom is -0.369 e. The summed E-state index contributed by atoms with van der Waals surface area (Å²) in [5, 5.41) is 0. The van der Waals surface area contributed by atoms with E-state index in [-0.39, 0.29) is 5.82 Å². The first kappa shape index (κ1) is 12.3. The van der Waals surface area contributed by atoms with Crippen molar-refractivity contribution in [3.8, 4) is 0 Å². The fraction of sp³-hybridized carbons (Fsp3) is 0.154. The van der Waals surface area contributed by atoms with Crippen LogP contribution in [0.5, 0.6) is 0 Å². The van der Waals surface area contributed by atoms with Crippen LogP contribution in [0.1, 0.15) is 5.69 Å². The second-order valence-corrected chi connectivity index (χ2v) is 3.99. The van der Waals surface area contributed by atoms with Gasteiger partial charge in [0.15, 0.2) is 0 Å². The number of hydrazine groups is 1. The van der Waals surface area contributed by atoms with E-state index in [9.17, 15) is 4.39 Å². The smallest absolute Gasteiger partial charge is 0.140 e. The lowest BCUT2D eigenvalue weighted by atomic mass is 10.2. The number of nitrogens with two attached hydrogens (primary N) is 1. The Labute approximate surface area is 105 Å². The summed E-state index contributed by atoms with van der Waals surface area (Å²) >= 11 is 0. The molecule has 0 unspecified atom stereocenters. The summed E-state index contributed by atoms with van der Waals surface area (Å²) in [5.74, 6) is 5.67. The van der Waals surface area contributed by atoms with Crippen LogP contribution >= 0.6 is 0 Å². The maximum absolute atomic E-state index is 13.1. The van der Waals surface area contributed by atoms with Crippen LogP contribution in [-0.4, -0.2) is 12.0 Å². The van der Waals surface area contributed by atoms with Crippen LogP contribution < -0.4 is 16.2 Å². The fourth-order valence-corrected chi connectivity index (χ4v) is 1.70. The Morgan fingerprint density at radius 2 is 2.06 bits per heavy atom. The minimum absolute atomic E-state index is 0.246. The molecule has 2 aromatic rings. The number of rotatable bonds is 4. The highest BCUT2D eigenvalue weighted by atomic mass is 19.1. The Hall–Kier alpha value is -2.14. The van der Waals surface area contributed by atoms with Gasteiger partial charge < -0.3 is 10.3 Å². The van der Waals surface area contributed by atoms with Crippen molar-refractivity contribution in [2.24, 2.45) is 5.84 Å². The van der Waals surface area contributed by atoms with Crippen molar-refractivity contribution in [1.82, 2.24) is 4.98 Å². The van der Waals surface area contributed by atoms with E-state index in [1.54, 1.807) is 12.1 Å². The molecule has 2 rings (SSSR count). The first-order valence-electron chi connectivity index (χ1n) is 5.58. The topological polar surface area (TPSA) is 54.2 Å². The van der Waals surface area contributed by atoms with Crippen molar-refractivity contribution in [2.75, 3.05) is 17.4 Å². The molecule has 0 bridgehead atoms. The molecule has 0 aliphatic carbocycles. The van der Waals surface area contributed by atoms with Gasteiger partial charge in [0.05, 0.1) is 12.2 Å². The van der Waals surface area contributed by atoms with Crippen molar-refractivity contribution in [1.29, 1.82) is 0 Å². The second-order valence-electron chi connectivity index (χ2n) is 3.99. The van der Waals surface area contributed by atoms with Crippen LogP contribution in [-0.2, 0) is 6.54 Å². The Morgan fingerprint density at radius 3 is 2.78 bits per heavy atom. The summed E-state index contributed by atoms with van der Waals surface area (Å²) in [6.45, 7) is 0.582. The number of nitrogen functional groups attached to an aromatic ring is 1. The van der Waals surface area contributed by atoms with E-state index in [0.717, 1.165) is 11.4 Å². The molecule has 3 N–H and O–H groups in total. The van der Waals surface area contributed by atoms with Crippen LogP contribution in [0.2, 0.25) is 0 Å². The van der Waals surface area contributed by atoms with Gasteiger partial charge in [-0.1, -0.05) is 12.1 Å². The van der Waals surface area contributed by atoms with E-state index >= 15 is 0 Å². The van der Waals surface area contributed by atoms with E-state index in [1.165, 1.54) is 12.1 Å². The molecule has 0 saturated carbocycles. The summed E-state index contributed by atoms with van der Waals surface area (Å²) in [4.78, 5) is 6.23. The highest BCUT2D eigenvalue weighted by molar-refractivity contribution is 5.46. The largest absolute Gasteiger partial charge is 0.369 e. The lowest BCUT2D eigenvalue weighted by Gasteiger charge is -2.19. The van der Waals surface area contributed by atoms with Gasteiger partial charge >= 0.3 is 0 Å². The van der Waals surface area contributed by atoms with E-state index in [4.69, 9.17) is 5.84 Å². The highest BCUT2D eigenvalue weighted by Crippen LogP contribution is 2.16. The number of aromatic nitrogens is 1. The molecule has 0 saturated heterocycles. The van der Waals surface area contributed by atoms with Gasteiger partial charge in [-0.05, 0) is 30.3 Å². The van der Waals surface area contributed by atoms with Gasteiger partial charge in [0.2, 0.25) is 0 Å². The van der Waals surface area contributed by atoms with Gasteiger partial charge in [-0.2, -0.15) is 0 Å². The molecule has 1 aromatic carbocycles. The van der Waals surface area contributed by atoms with E-state index < -0.39 is 0 Å².